The fraction of sp³-hybridized carbons (Fsp3) is 0.562. The van der Waals surface area contributed by atoms with E-state index in [0.717, 1.165) is 54.9 Å². The number of piperazine rings is 1. The molecule has 1 aliphatic heterocycles. The molecular formula is C16H24BrN3O. The third-order valence-electron chi connectivity index (χ3n) is 3.93. The van der Waals surface area contributed by atoms with E-state index in [1.54, 1.807) is 0 Å². The van der Waals surface area contributed by atoms with Gasteiger partial charge in [0.15, 0.2) is 0 Å². The van der Waals surface area contributed by atoms with Crippen molar-refractivity contribution in [2.45, 2.75) is 6.92 Å². The lowest BCUT2D eigenvalue weighted by molar-refractivity contribution is 0.0629. The van der Waals surface area contributed by atoms with Crippen LogP contribution in [0.25, 0.3) is 0 Å². The Labute approximate surface area is 135 Å². The van der Waals surface area contributed by atoms with E-state index in [9.17, 15) is 4.79 Å². The summed E-state index contributed by atoms with van der Waals surface area (Å²) in [5, 5.41) is 0. The van der Waals surface area contributed by atoms with Crippen LogP contribution in [-0.4, -0.2) is 74.0 Å². The lowest BCUT2D eigenvalue weighted by Crippen LogP contribution is -2.50. The number of hydrogen-bond acceptors (Lipinski definition) is 3. The topological polar surface area (TPSA) is 26.8 Å². The van der Waals surface area contributed by atoms with Crippen molar-refractivity contribution in [1.29, 1.82) is 0 Å². The number of amides is 1. The summed E-state index contributed by atoms with van der Waals surface area (Å²) in [4.78, 5) is 19.1. The van der Waals surface area contributed by atoms with Gasteiger partial charge in [-0.15, -0.1) is 0 Å². The molecule has 1 aliphatic rings. The van der Waals surface area contributed by atoms with Crippen LogP contribution in [0.4, 0.5) is 0 Å². The Morgan fingerprint density at radius 2 is 1.90 bits per heavy atom. The lowest BCUT2D eigenvalue weighted by atomic mass is 10.1. The van der Waals surface area contributed by atoms with Crippen molar-refractivity contribution < 1.29 is 4.79 Å². The van der Waals surface area contributed by atoms with E-state index in [1.165, 1.54) is 0 Å². The summed E-state index contributed by atoms with van der Waals surface area (Å²) in [7, 11) is 4.19. The Hall–Kier alpha value is -0.910. The highest BCUT2D eigenvalue weighted by molar-refractivity contribution is 9.10. The molecule has 1 fully saturated rings. The Bertz CT molecular complexity index is 496. The minimum absolute atomic E-state index is 0.151. The summed E-state index contributed by atoms with van der Waals surface area (Å²) in [6.07, 6.45) is 0. The summed E-state index contributed by atoms with van der Waals surface area (Å²) < 4.78 is 1.05. The second kappa shape index (κ2) is 7.38. The molecule has 0 aliphatic carbocycles. The van der Waals surface area contributed by atoms with Gasteiger partial charge in [0, 0.05) is 49.3 Å². The maximum Gasteiger partial charge on any atom is 0.253 e. The highest BCUT2D eigenvalue weighted by Crippen LogP contribution is 2.18. The van der Waals surface area contributed by atoms with E-state index >= 15 is 0 Å². The molecule has 0 N–H and O–H groups in total. The van der Waals surface area contributed by atoms with Crippen molar-refractivity contribution in [3.8, 4) is 0 Å². The zero-order valence-corrected chi connectivity index (χ0v) is 14.7. The van der Waals surface area contributed by atoms with Crippen molar-refractivity contribution in [2.24, 2.45) is 0 Å². The van der Waals surface area contributed by atoms with Gasteiger partial charge in [0.1, 0.15) is 0 Å². The lowest BCUT2D eigenvalue weighted by Gasteiger charge is -2.35. The Balaban J connectivity index is 1.89. The van der Waals surface area contributed by atoms with Crippen LogP contribution in [0.2, 0.25) is 0 Å². The minimum Gasteiger partial charge on any atom is -0.336 e. The van der Waals surface area contributed by atoms with Gasteiger partial charge in [-0.1, -0.05) is 15.9 Å². The number of benzene rings is 1. The minimum atomic E-state index is 0.151. The summed E-state index contributed by atoms with van der Waals surface area (Å²) in [5.74, 6) is 0.151. The number of likely N-dealkylation sites (N-methyl/N-ethyl adjacent to an activating group) is 1. The zero-order chi connectivity index (χ0) is 15.4. The molecule has 0 spiro atoms. The number of nitrogens with zero attached hydrogens (tertiary/aromatic N) is 3. The Morgan fingerprint density at radius 1 is 1.24 bits per heavy atom. The molecule has 1 aromatic rings. The molecule has 5 heteroatoms. The monoisotopic (exact) mass is 353 g/mol. The largest absolute Gasteiger partial charge is 0.336 e. The summed E-state index contributed by atoms with van der Waals surface area (Å²) in [5.41, 5.74) is 1.89. The van der Waals surface area contributed by atoms with Crippen LogP contribution in [0.15, 0.2) is 22.7 Å². The Kier molecular flexibility index (Phi) is 5.79. The maximum atomic E-state index is 12.5. The Morgan fingerprint density at radius 3 is 2.48 bits per heavy atom. The van der Waals surface area contributed by atoms with Crippen LogP contribution < -0.4 is 0 Å². The second-order valence-corrected chi connectivity index (χ2v) is 6.76. The molecule has 21 heavy (non-hydrogen) atoms. The van der Waals surface area contributed by atoms with Crippen molar-refractivity contribution in [3.63, 3.8) is 0 Å². The van der Waals surface area contributed by atoms with Gasteiger partial charge in [0.2, 0.25) is 0 Å². The fourth-order valence-corrected chi connectivity index (χ4v) is 2.72. The predicted molar refractivity (Wildman–Crippen MR) is 89.8 cm³/mol. The first kappa shape index (κ1) is 16.5. The third kappa shape index (κ3) is 4.53. The van der Waals surface area contributed by atoms with Crippen LogP contribution >= 0.6 is 15.9 Å². The molecule has 4 nitrogen and oxygen atoms in total. The van der Waals surface area contributed by atoms with Gasteiger partial charge in [-0.2, -0.15) is 0 Å². The van der Waals surface area contributed by atoms with E-state index in [0.29, 0.717) is 0 Å². The predicted octanol–water partition coefficient (Wildman–Crippen LogP) is 2.08. The van der Waals surface area contributed by atoms with Crippen molar-refractivity contribution in [1.82, 2.24) is 14.7 Å². The van der Waals surface area contributed by atoms with Gasteiger partial charge in [-0.25, -0.2) is 0 Å². The summed E-state index contributed by atoms with van der Waals surface area (Å²) in [6, 6.07) is 5.82. The van der Waals surface area contributed by atoms with Crippen molar-refractivity contribution in [2.75, 3.05) is 53.4 Å². The second-order valence-electron chi connectivity index (χ2n) is 5.90. The number of rotatable bonds is 4. The molecule has 0 radical (unpaired) electrons. The number of carbonyl (C=O) groups excluding carboxylic acids is 1. The molecule has 0 saturated carbocycles. The van der Waals surface area contributed by atoms with E-state index in [4.69, 9.17) is 0 Å². The molecule has 0 aromatic heterocycles. The smallest absolute Gasteiger partial charge is 0.253 e. The molecule has 0 bridgehead atoms. The zero-order valence-electron chi connectivity index (χ0n) is 13.1. The molecule has 1 amide bonds. The van der Waals surface area contributed by atoms with Gasteiger partial charge in [-0.05, 0) is 44.8 Å². The molecule has 1 aromatic carbocycles. The molecule has 1 heterocycles. The van der Waals surface area contributed by atoms with Crippen LogP contribution in [-0.2, 0) is 0 Å². The number of halogens is 1. The molecule has 1 saturated heterocycles. The van der Waals surface area contributed by atoms with Gasteiger partial charge in [0.25, 0.3) is 5.91 Å². The first-order valence-electron chi connectivity index (χ1n) is 7.40. The van der Waals surface area contributed by atoms with Gasteiger partial charge in [-0.3, -0.25) is 9.69 Å². The van der Waals surface area contributed by atoms with Gasteiger partial charge < -0.3 is 9.80 Å². The SMILES string of the molecule is Cc1cc(C(=O)N2CCN(CCN(C)C)CC2)ccc1Br. The van der Waals surface area contributed by atoms with Crippen molar-refractivity contribution >= 4 is 21.8 Å². The van der Waals surface area contributed by atoms with E-state index in [1.807, 2.05) is 30.0 Å². The number of aryl methyl sites for hydroxylation is 1. The van der Waals surface area contributed by atoms with E-state index in [2.05, 4.69) is 39.8 Å². The van der Waals surface area contributed by atoms with Gasteiger partial charge >= 0.3 is 0 Å². The van der Waals surface area contributed by atoms with E-state index in [-0.39, 0.29) is 5.91 Å². The summed E-state index contributed by atoms with van der Waals surface area (Å²) in [6.45, 7) is 7.74. The van der Waals surface area contributed by atoms with Crippen LogP contribution in [0.3, 0.4) is 0 Å². The van der Waals surface area contributed by atoms with Gasteiger partial charge in [0.05, 0.1) is 0 Å². The highest BCUT2D eigenvalue weighted by atomic mass is 79.9. The summed E-state index contributed by atoms with van der Waals surface area (Å²) >= 11 is 3.48. The number of hydrogen-bond donors (Lipinski definition) is 0. The highest BCUT2D eigenvalue weighted by Gasteiger charge is 2.22. The number of carbonyl (C=O) groups is 1. The standard InChI is InChI=1S/C16H24BrN3O/c1-13-12-14(4-5-15(13)17)16(21)20-10-8-19(9-11-20)7-6-18(2)3/h4-5,12H,6-11H2,1-3H3. The van der Waals surface area contributed by atoms with Crippen LogP contribution in [0.5, 0.6) is 0 Å². The van der Waals surface area contributed by atoms with Crippen molar-refractivity contribution in [3.05, 3.63) is 33.8 Å². The quantitative estimate of drug-likeness (QED) is 0.828. The third-order valence-corrected chi connectivity index (χ3v) is 4.82. The average molecular weight is 354 g/mol. The maximum absolute atomic E-state index is 12.5. The molecule has 0 unspecified atom stereocenters. The van der Waals surface area contributed by atoms with E-state index < -0.39 is 0 Å². The molecular weight excluding hydrogens is 330 g/mol. The molecule has 0 atom stereocenters. The normalized spacial score (nSPS) is 16.5. The first-order valence-corrected chi connectivity index (χ1v) is 8.19. The van der Waals surface area contributed by atoms with Crippen LogP contribution in [0.1, 0.15) is 15.9 Å². The molecule has 116 valence electrons. The first-order chi connectivity index (χ1) is 9.97. The average Bonchev–Trinajstić information content (AvgIpc) is 2.48. The van der Waals surface area contributed by atoms with Crippen LogP contribution in [0, 0.1) is 6.92 Å². The molecule has 2 rings (SSSR count). The fourth-order valence-electron chi connectivity index (χ4n) is 2.48.